The summed E-state index contributed by atoms with van der Waals surface area (Å²) in [5.74, 6) is 0.00364. The Hall–Kier alpha value is -0.919. The molecule has 15 heteroatoms. The number of rotatable bonds is 12. The Balaban J connectivity index is 2.14. The van der Waals surface area contributed by atoms with Crippen molar-refractivity contribution >= 4 is 65.1 Å². The Morgan fingerprint density at radius 2 is 0.761 bits per heavy atom. The molecule has 2 aliphatic heterocycles. The first kappa shape index (κ1) is 39.5. The van der Waals surface area contributed by atoms with Crippen LogP contribution in [0, 0.1) is 0 Å². The molecule has 2 heterocycles. The van der Waals surface area contributed by atoms with Crippen LogP contribution in [0.1, 0.15) is 11.1 Å². The molecule has 2 bridgehead atoms. The molecule has 0 radical (unpaired) electrons. The molecule has 262 valence electrons. The molecule has 0 amide bonds. The maximum absolute atomic E-state index is 13.9. The molecule has 0 saturated carbocycles. The van der Waals surface area contributed by atoms with Crippen LogP contribution < -0.4 is 0 Å². The van der Waals surface area contributed by atoms with Crippen LogP contribution in [-0.4, -0.2) is 106 Å². The Morgan fingerprint density at radius 3 is 1.07 bits per heavy atom. The second kappa shape index (κ2) is 14.9. The van der Waals surface area contributed by atoms with E-state index in [1.165, 1.54) is 12.9 Å². The van der Waals surface area contributed by atoms with Gasteiger partial charge in [-0.25, -0.2) is 25.3 Å². The largest absolute Gasteiger partial charge is 0.214 e. The fraction of sp³-hybridized carbons (Fsp3) is 0.677. The van der Waals surface area contributed by atoms with Crippen molar-refractivity contribution in [1.82, 2.24) is 12.9 Å². The summed E-state index contributed by atoms with van der Waals surface area (Å²) >= 11 is 0. The monoisotopic (exact) mass is 747 g/mol. The van der Waals surface area contributed by atoms with E-state index in [1.807, 2.05) is 36.4 Å². The summed E-state index contributed by atoms with van der Waals surface area (Å²) in [7, 11) is -16.3. The Morgan fingerprint density at radius 1 is 0.478 bits per heavy atom. The lowest BCUT2D eigenvalue weighted by Gasteiger charge is -2.30. The van der Waals surface area contributed by atoms with Gasteiger partial charge in [0, 0.05) is 63.5 Å². The number of hydrogen-bond donors (Lipinski definition) is 0. The number of nitrogens with zero attached hydrogens (tertiary/aromatic N) is 3. The Kier molecular flexibility index (Phi) is 12.8. The summed E-state index contributed by atoms with van der Waals surface area (Å²) in [6.45, 7) is 19.4. The van der Waals surface area contributed by atoms with Gasteiger partial charge in [-0.15, -0.1) is 0 Å². The summed E-state index contributed by atoms with van der Waals surface area (Å²) in [5, 5.41) is 1.76. The fourth-order valence-electron chi connectivity index (χ4n) is 5.24. The molecule has 46 heavy (non-hydrogen) atoms. The molecule has 4 rings (SSSR count). The van der Waals surface area contributed by atoms with Crippen molar-refractivity contribution in [3.63, 3.8) is 0 Å². The third-order valence-electron chi connectivity index (χ3n) is 8.51. The van der Waals surface area contributed by atoms with Crippen molar-refractivity contribution in [3.05, 3.63) is 47.5 Å². The molecule has 0 saturated heterocycles. The first-order valence-electron chi connectivity index (χ1n) is 16.3. The molecule has 0 aromatic heterocycles. The van der Waals surface area contributed by atoms with Gasteiger partial charge in [0.05, 0.1) is 17.3 Å². The topological polar surface area (TPSA) is 112 Å². The van der Waals surface area contributed by atoms with E-state index in [4.69, 9.17) is 0 Å². The zero-order valence-corrected chi connectivity index (χ0v) is 34.9. The number of benzene rings is 2. The normalized spacial score (nSPS) is 17.9. The average molecular weight is 748 g/mol. The van der Waals surface area contributed by atoms with Crippen molar-refractivity contribution in [1.29, 1.82) is 0 Å². The molecule has 0 aliphatic carbocycles. The van der Waals surface area contributed by atoms with Gasteiger partial charge in [0.15, 0.2) is 0 Å². The highest BCUT2D eigenvalue weighted by Gasteiger charge is 2.33. The summed E-state index contributed by atoms with van der Waals surface area (Å²) in [6.07, 6.45) is 0. The molecular formula is C31H57N3O6S3Si3. The lowest BCUT2D eigenvalue weighted by atomic mass is 9.99. The van der Waals surface area contributed by atoms with Crippen LogP contribution in [0.4, 0.5) is 0 Å². The van der Waals surface area contributed by atoms with Crippen LogP contribution in [0.25, 0.3) is 10.8 Å². The van der Waals surface area contributed by atoms with E-state index < -0.39 is 54.3 Å². The van der Waals surface area contributed by atoms with E-state index in [0.29, 0.717) is 18.1 Å². The van der Waals surface area contributed by atoms with Crippen LogP contribution in [0.5, 0.6) is 0 Å². The minimum atomic E-state index is -3.78. The van der Waals surface area contributed by atoms with Crippen molar-refractivity contribution in [2.45, 2.75) is 90.1 Å². The minimum Gasteiger partial charge on any atom is -0.212 e. The van der Waals surface area contributed by atoms with Gasteiger partial charge in [0.25, 0.3) is 0 Å². The molecule has 0 unspecified atom stereocenters. The first-order valence-corrected chi connectivity index (χ1v) is 32.3. The van der Waals surface area contributed by atoms with E-state index >= 15 is 0 Å². The van der Waals surface area contributed by atoms with E-state index in [1.54, 1.807) is 0 Å². The highest BCUT2D eigenvalue weighted by atomic mass is 32.2. The molecule has 2 aliphatic rings. The van der Waals surface area contributed by atoms with Gasteiger partial charge in [-0.05, 0) is 40.0 Å². The summed E-state index contributed by atoms with van der Waals surface area (Å²) < 4.78 is 87.6. The number of hydrogen-bond acceptors (Lipinski definition) is 6. The van der Waals surface area contributed by atoms with Gasteiger partial charge in [0.1, 0.15) is 0 Å². The van der Waals surface area contributed by atoms with Gasteiger partial charge in [0.2, 0.25) is 30.1 Å². The minimum absolute atomic E-state index is 0.00133. The maximum Gasteiger partial charge on any atom is 0.214 e. The second-order valence-electron chi connectivity index (χ2n) is 16.4. The van der Waals surface area contributed by atoms with Crippen LogP contribution >= 0.6 is 0 Å². The van der Waals surface area contributed by atoms with Crippen molar-refractivity contribution in [2.75, 3.05) is 43.4 Å². The third kappa shape index (κ3) is 11.9. The predicted octanol–water partition coefficient (Wildman–Crippen LogP) is 5.76. The molecule has 0 atom stereocenters. The standard InChI is InChI=1S/C31H57N3O6S3Si3/c1-44(2,3)23-20-41(35,36)32-16-18-33(42(37,38)21-24-45(4,5)6)26-28-14-15-29(31-13-11-10-12-30(28)31)27-34(19-17-32)43(39,40)22-25-46(7,8)9/h10-15H,16-27H2,1-9H3. The second-order valence-corrected chi connectivity index (χ2v) is 39.5. The van der Waals surface area contributed by atoms with Crippen LogP contribution in [-0.2, 0) is 43.2 Å². The lowest BCUT2D eigenvalue weighted by Crippen LogP contribution is -2.46. The Labute approximate surface area is 282 Å². The lowest BCUT2D eigenvalue weighted by molar-refractivity contribution is 0.314. The number of sulfonamides is 3. The zero-order chi connectivity index (χ0) is 34.8. The molecule has 2 aromatic rings. The van der Waals surface area contributed by atoms with E-state index in [0.717, 1.165) is 21.9 Å². The van der Waals surface area contributed by atoms with Gasteiger partial charge in [-0.3, -0.25) is 0 Å². The number of fused-ring (bicyclic) bond motifs is 9. The Bertz CT molecular complexity index is 1580. The summed E-state index contributed by atoms with van der Waals surface area (Å²) in [6, 6.07) is 13.3. The van der Waals surface area contributed by atoms with E-state index in [9.17, 15) is 25.3 Å². The molecule has 2 aromatic carbocycles. The van der Waals surface area contributed by atoms with Crippen LogP contribution in [0.15, 0.2) is 36.4 Å². The molecule has 9 nitrogen and oxygen atoms in total. The van der Waals surface area contributed by atoms with E-state index in [2.05, 4.69) is 58.9 Å². The van der Waals surface area contributed by atoms with Crippen molar-refractivity contribution < 1.29 is 25.3 Å². The zero-order valence-electron chi connectivity index (χ0n) is 29.5. The quantitative estimate of drug-likeness (QED) is 0.202. The van der Waals surface area contributed by atoms with Gasteiger partial charge >= 0.3 is 0 Å². The maximum atomic E-state index is 13.9. The van der Waals surface area contributed by atoms with Crippen LogP contribution in [0.3, 0.4) is 0 Å². The van der Waals surface area contributed by atoms with Crippen molar-refractivity contribution in [3.8, 4) is 0 Å². The predicted molar refractivity (Wildman–Crippen MR) is 202 cm³/mol. The van der Waals surface area contributed by atoms with E-state index in [-0.39, 0.29) is 56.5 Å². The highest BCUT2D eigenvalue weighted by molar-refractivity contribution is 7.89. The molecule has 0 spiro atoms. The molecule has 0 fully saturated rings. The van der Waals surface area contributed by atoms with Crippen molar-refractivity contribution in [2.24, 2.45) is 0 Å². The van der Waals surface area contributed by atoms with Crippen LogP contribution in [0.2, 0.25) is 77.1 Å². The average Bonchev–Trinajstić information content (AvgIpc) is 2.94. The SMILES string of the molecule is C[Si](C)(C)CCS(=O)(=O)N1CCN(S(=O)(=O)CC[Si](C)(C)C)Cc2ccc(c3ccccc23)CN(S(=O)(=O)CC[Si](C)(C)C)CC1. The highest BCUT2D eigenvalue weighted by Crippen LogP contribution is 2.28. The summed E-state index contributed by atoms with van der Waals surface area (Å²) in [4.78, 5) is 0. The smallest absolute Gasteiger partial charge is 0.212 e. The summed E-state index contributed by atoms with van der Waals surface area (Å²) in [5.41, 5.74) is 1.63. The fourth-order valence-corrected chi connectivity index (χ4v) is 18.6. The van der Waals surface area contributed by atoms with Gasteiger partial charge in [-0.2, -0.15) is 12.9 Å². The molecule has 0 N–H and O–H groups in total. The molecular weight excluding hydrogens is 691 g/mol. The van der Waals surface area contributed by atoms with Gasteiger partial charge in [-0.1, -0.05) is 95.3 Å². The third-order valence-corrected chi connectivity index (χ3v) is 20.4. The first-order chi connectivity index (χ1) is 20.9. The van der Waals surface area contributed by atoms with Gasteiger partial charge < -0.3 is 0 Å².